The Kier molecular flexibility index (Phi) is 3.84. The Morgan fingerprint density at radius 2 is 2.06 bits per heavy atom. The molecule has 2 rings (SSSR count). The normalized spacial score (nSPS) is 20.5. The summed E-state index contributed by atoms with van der Waals surface area (Å²) in [6.07, 6.45) is -2.65. The van der Waals surface area contributed by atoms with Crippen LogP contribution in [-0.4, -0.2) is 17.9 Å². The van der Waals surface area contributed by atoms with Crippen LogP contribution in [0.2, 0.25) is 0 Å². The van der Waals surface area contributed by atoms with Gasteiger partial charge in [-0.1, -0.05) is 15.9 Å². The van der Waals surface area contributed by atoms with Gasteiger partial charge in [0, 0.05) is 17.9 Å². The molecule has 1 heterocycles. The largest absolute Gasteiger partial charge is 0.416 e. The Hall–Kier alpha value is -0.780. The summed E-state index contributed by atoms with van der Waals surface area (Å²) in [4.78, 5) is 1.82. The summed E-state index contributed by atoms with van der Waals surface area (Å²) in [5.74, 6) is -0.808. The molecule has 0 aromatic heterocycles. The highest BCUT2D eigenvalue weighted by Gasteiger charge is 2.32. The number of rotatable bonds is 2. The maximum atomic E-state index is 13.8. The molecule has 0 spiro atoms. The van der Waals surface area contributed by atoms with Crippen molar-refractivity contribution in [2.75, 3.05) is 16.8 Å². The van der Waals surface area contributed by atoms with Crippen LogP contribution >= 0.6 is 15.9 Å². The van der Waals surface area contributed by atoms with Crippen LogP contribution in [0.5, 0.6) is 0 Å². The molecule has 1 nitrogen and oxygen atoms in total. The second-order valence-corrected chi connectivity index (χ2v) is 4.96. The van der Waals surface area contributed by atoms with Crippen molar-refractivity contribution in [3.05, 3.63) is 29.6 Å². The molecular weight excluding hydrogens is 314 g/mol. The van der Waals surface area contributed by atoms with Gasteiger partial charge >= 0.3 is 6.18 Å². The standard InChI is InChI=1S/C12H12BrF4N/c13-7-9-2-1-5-18(9)11-4-3-8(6-10(11)14)12(15,16)17/h3-4,6,9H,1-2,5,7H2. The van der Waals surface area contributed by atoms with E-state index in [9.17, 15) is 17.6 Å². The van der Waals surface area contributed by atoms with Gasteiger partial charge in [-0.15, -0.1) is 0 Å². The van der Waals surface area contributed by atoms with Gasteiger partial charge in [0.15, 0.2) is 0 Å². The van der Waals surface area contributed by atoms with E-state index < -0.39 is 17.6 Å². The molecule has 0 bridgehead atoms. The first-order valence-corrected chi connectivity index (χ1v) is 6.75. The van der Waals surface area contributed by atoms with Gasteiger partial charge in [0.2, 0.25) is 0 Å². The lowest BCUT2D eigenvalue weighted by Crippen LogP contribution is -2.31. The fraction of sp³-hybridized carbons (Fsp3) is 0.500. The molecule has 1 aromatic rings. The Morgan fingerprint density at radius 3 is 2.61 bits per heavy atom. The molecule has 1 aromatic carbocycles. The molecule has 1 unspecified atom stereocenters. The van der Waals surface area contributed by atoms with Crippen LogP contribution in [0.3, 0.4) is 0 Å². The lowest BCUT2D eigenvalue weighted by atomic mass is 10.1. The van der Waals surface area contributed by atoms with Crippen molar-refractivity contribution >= 4 is 21.6 Å². The fourth-order valence-corrected chi connectivity index (χ4v) is 2.90. The van der Waals surface area contributed by atoms with Crippen molar-refractivity contribution in [1.82, 2.24) is 0 Å². The average Bonchev–Trinajstić information content (AvgIpc) is 2.75. The van der Waals surface area contributed by atoms with Crippen LogP contribution in [0, 0.1) is 5.82 Å². The maximum Gasteiger partial charge on any atom is 0.416 e. The highest BCUT2D eigenvalue weighted by molar-refractivity contribution is 9.09. The van der Waals surface area contributed by atoms with Gasteiger partial charge < -0.3 is 4.90 Å². The minimum atomic E-state index is -4.50. The first-order chi connectivity index (χ1) is 8.43. The van der Waals surface area contributed by atoms with Crippen LogP contribution in [-0.2, 0) is 6.18 Å². The smallest absolute Gasteiger partial charge is 0.365 e. The molecule has 100 valence electrons. The summed E-state index contributed by atoms with van der Waals surface area (Å²) in [6, 6.07) is 2.87. The number of benzene rings is 1. The summed E-state index contributed by atoms with van der Waals surface area (Å²) in [7, 11) is 0. The van der Waals surface area contributed by atoms with Gasteiger partial charge in [-0.3, -0.25) is 0 Å². The second kappa shape index (κ2) is 5.07. The van der Waals surface area contributed by atoms with Crippen LogP contribution in [0.15, 0.2) is 18.2 Å². The predicted molar refractivity (Wildman–Crippen MR) is 65.6 cm³/mol. The molecule has 0 amide bonds. The van der Waals surface area contributed by atoms with Gasteiger partial charge in [-0.2, -0.15) is 13.2 Å². The minimum absolute atomic E-state index is 0.149. The topological polar surface area (TPSA) is 3.24 Å². The van der Waals surface area contributed by atoms with E-state index in [4.69, 9.17) is 0 Å². The Morgan fingerprint density at radius 1 is 1.33 bits per heavy atom. The van der Waals surface area contributed by atoms with Gasteiger partial charge in [0.1, 0.15) is 5.82 Å². The molecule has 0 radical (unpaired) electrons. The molecule has 1 atom stereocenters. The number of alkyl halides is 4. The molecule has 0 saturated carbocycles. The van der Waals surface area contributed by atoms with E-state index in [1.165, 1.54) is 6.07 Å². The highest BCUT2D eigenvalue weighted by Crippen LogP contribution is 2.34. The SMILES string of the molecule is Fc1cc(C(F)(F)F)ccc1N1CCCC1CBr. The predicted octanol–water partition coefficient (Wildman–Crippen LogP) is 4.21. The number of anilines is 1. The number of halogens is 5. The van der Waals surface area contributed by atoms with Gasteiger partial charge in [0.25, 0.3) is 0 Å². The van der Waals surface area contributed by atoms with Crippen molar-refractivity contribution in [3.63, 3.8) is 0 Å². The first kappa shape index (κ1) is 13.6. The lowest BCUT2D eigenvalue weighted by Gasteiger charge is -2.26. The Bertz CT molecular complexity index is 433. The summed E-state index contributed by atoms with van der Waals surface area (Å²) in [6.45, 7) is 0.679. The van der Waals surface area contributed by atoms with Crippen molar-refractivity contribution in [1.29, 1.82) is 0 Å². The van der Waals surface area contributed by atoms with Crippen molar-refractivity contribution in [3.8, 4) is 0 Å². The monoisotopic (exact) mass is 325 g/mol. The van der Waals surface area contributed by atoms with Gasteiger partial charge in [0.05, 0.1) is 11.3 Å². The fourth-order valence-electron chi connectivity index (χ4n) is 2.23. The Balaban J connectivity index is 2.30. The molecule has 0 aliphatic carbocycles. The zero-order chi connectivity index (χ0) is 13.3. The lowest BCUT2D eigenvalue weighted by molar-refractivity contribution is -0.137. The van der Waals surface area contributed by atoms with E-state index in [1.54, 1.807) is 0 Å². The van der Waals surface area contributed by atoms with Crippen LogP contribution in [0.1, 0.15) is 18.4 Å². The van der Waals surface area contributed by atoms with Crippen molar-refractivity contribution in [2.45, 2.75) is 25.1 Å². The summed E-state index contributed by atoms with van der Waals surface area (Å²) in [5, 5.41) is 0.688. The summed E-state index contributed by atoms with van der Waals surface area (Å²) in [5.41, 5.74) is -0.691. The van der Waals surface area contributed by atoms with E-state index in [-0.39, 0.29) is 11.7 Å². The molecule has 1 saturated heterocycles. The summed E-state index contributed by atoms with van der Waals surface area (Å²) < 4.78 is 51.1. The third kappa shape index (κ3) is 2.63. The molecule has 6 heteroatoms. The third-order valence-electron chi connectivity index (χ3n) is 3.14. The van der Waals surface area contributed by atoms with Crippen LogP contribution in [0.4, 0.5) is 23.2 Å². The molecular formula is C12H12BrF4N. The number of hydrogen-bond donors (Lipinski definition) is 0. The quantitative estimate of drug-likeness (QED) is 0.581. The molecule has 18 heavy (non-hydrogen) atoms. The second-order valence-electron chi connectivity index (χ2n) is 4.31. The third-order valence-corrected chi connectivity index (χ3v) is 3.89. The van der Waals surface area contributed by atoms with E-state index >= 15 is 0 Å². The van der Waals surface area contributed by atoms with E-state index in [0.717, 1.165) is 18.9 Å². The average molecular weight is 326 g/mol. The molecule has 1 aliphatic rings. The maximum absolute atomic E-state index is 13.8. The highest BCUT2D eigenvalue weighted by atomic mass is 79.9. The molecule has 1 aliphatic heterocycles. The van der Waals surface area contributed by atoms with Crippen molar-refractivity contribution in [2.24, 2.45) is 0 Å². The van der Waals surface area contributed by atoms with E-state index in [0.29, 0.717) is 17.9 Å². The van der Waals surface area contributed by atoms with E-state index in [1.807, 2.05) is 4.90 Å². The number of hydrogen-bond acceptors (Lipinski definition) is 1. The molecule has 1 fully saturated rings. The minimum Gasteiger partial charge on any atom is -0.365 e. The first-order valence-electron chi connectivity index (χ1n) is 5.63. The summed E-state index contributed by atoms with van der Waals surface area (Å²) >= 11 is 3.34. The van der Waals surface area contributed by atoms with Crippen molar-refractivity contribution < 1.29 is 17.6 Å². The number of nitrogens with zero attached hydrogens (tertiary/aromatic N) is 1. The zero-order valence-corrected chi connectivity index (χ0v) is 11.1. The van der Waals surface area contributed by atoms with Gasteiger partial charge in [-0.25, -0.2) is 4.39 Å². The van der Waals surface area contributed by atoms with Crippen LogP contribution in [0.25, 0.3) is 0 Å². The van der Waals surface area contributed by atoms with Crippen LogP contribution < -0.4 is 4.90 Å². The van der Waals surface area contributed by atoms with E-state index in [2.05, 4.69) is 15.9 Å². The Labute approximate surface area is 111 Å². The zero-order valence-electron chi connectivity index (χ0n) is 9.47. The molecule has 0 N–H and O–H groups in total. The van der Waals surface area contributed by atoms with Gasteiger partial charge in [-0.05, 0) is 31.0 Å².